The van der Waals surface area contributed by atoms with Gasteiger partial charge < -0.3 is 15.5 Å². The van der Waals surface area contributed by atoms with Crippen LogP contribution in [-0.4, -0.2) is 34.6 Å². The lowest BCUT2D eigenvalue weighted by molar-refractivity contribution is -0.275. The predicted octanol–water partition coefficient (Wildman–Crippen LogP) is 0.658. The maximum Gasteiger partial charge on any atom is 0.296 e. The molecule has 4 nitrogen and oxygen atoms in total. The number of benzene rings is 1. The van der Waals surface area contributed by atoms with Crippen LogP contribution in [0.15, 0.2) is 30.3 Å². The van der Waals surface area contributed by atoms with E-state index in [1.165, 1.54) is 29.6 Å². The van der Waals surface area contributed by atoms with Gasteiger partial charge in [-0.2, -0.15) is 0 Å². The summed E-state index contributed by atoms with van der Waals surface area (Å²) in [5, 5.41) is 18.8. The maximum atomic E-state index is 13.1. The highest BCUT2D eigenvalue weighted by molar-refractivity contribution is 5.94. The van der Waals surface area contributed by atoms with Crippen LogP contribution in [0.5, 0.6) is 0 Å². The standard InChI is InChI=1S/C10H10F3NO3/c11-8(12)10(16,17)9(13)14-7(15)6-4-2-1-3-5-6/h1-5,8-9,16-17H,(H,14,15). The first kappa shape index (κ1) is 13.5. The molecule has 0 radical (unpaired) electrons. The van der Waals surface area contributed by atoms with Gasteiger partial charge in [-0.3, -0.25) is 4.79 Å². The van der Waals surface area contributed by atoms with E-state index in [1.807, 2.05) is 0 Å². The maximum absolute atomic E-state index is 13.1. The minimum atomic E-state index is -3.91. The molecule has 17 heavy (non-hydrogen) atoms. The van der Waals surface area contributed by atoms with Gasteiger partial charge in [-0.25, -0.2) is 13.2 Å². The molecule has 0 aliphatic carbocycles. The lowest BCUT2D eigenvalue weighted by Crippen LogP contribution is -2.54. The second-order valence-electron chi connectivity index (χ2n) is 3.29. The molecule has 0 aliphatic heterocycles. The number of carbonyl (C=O) groups is 1. The number of amides is 1. The largest absolute Gasteiger partial charge is 0.357 e. The summed E-state index contributed by atoms with van der Waals surface area (Å²) in [7, 11) is 0. The molecule has 7 heteroatoms. The highest BCUT2D eigenvalue weighted by Crippen LogP contribution is 2.18. The van der Waals surface area contributed by atoms with E-state index in [9.17, 15) is 18.0 Å². The van der Waals surface area contributed by atoms with E-state index in [2.05, 4.69) is 0 Å². The fraction of sp³-hybridized carbons (Fsp3) is 0.300. The van der Waals surface area contributed by atoms with E-state index in [1.54, 1.807) is 6.07 Å². The molecule has 0 spiro atoms. The van der Waals surface area contributed by atoms with Gasteiger partial charge in [0.15, 0.2) is 0 Å². The third-order valence-corrected chi connectivity index (χ3v) is 1.99. The molecule has 1 atom stereocenters. The van der Waals surface area contributed by atoms with Crippen LogP contribution in [0.2, 0.25) is 0 Å². The Labute approximate surface area is 94.7 Å². The number of alkyl halides is 3. The molecule has 0 heterocycles. The molecule has 1 amide bonds. The number of halogens is 3. The van der Waals surface area contributed by atoms with Crippen LogP contribution in [0.1, 0.15) is 10.4 Å². The lowest BCUT2D eigenvalue weighted by Gasteiger charge is -2.24. The molecule has 1 unspecified atom stereocenters. The van der Waals surface area contributed by atoms with Crippen molar-refractivity contribution in [1.29, 1.82) is 0 Å². The number of nitrogens with one attached hydrogen (secondary N) is 1. The zero-order valence-corrected chi connectivity index (χ0v) is 8.48. The summed E-state index contributed by atoms with van der Waals surface area (Å²) < 4.78 is 37.1. The molecule has 0 saturated carbocycles. The summed E-state index contributed by atoms with van der Waals surface area (Å²) in [6.07, 6.45) is -6.73. The fourth-order valence-corrected chi connectivity index (χ4v) is 1.00. The van der Waals surface area contributed by atoms with Gasteiger partial charge in [0.1, 0.15) is 0 Å². The zero-order valence-electron chi connectivity index (χ0n) is 8.48. The highest BCUT2D eigenvalue weighted by atomic mass is 19.3. The summed E-state index contributed by atoms with van der Waals surface area (Å²) in [6, 6.07) is 7.22. The Balaban J connectivity index is 2.70. The van der Waals surface area contributed by atoms with Crippen molar-refractivity contribution in [1.82, 2.24) is 5.32 Å². The minimum Gasteiger partial charge on any atom is -0.357 e. The lowest BCUT2D eigenvalue weighted by atomic mass is 10.2. The van der Waals surface area contributed by atoms with E-state index in [0.29, 0.717) is 0 Å². The van der Waals surface area contributed by atoms with Crippen molar-refractivity contribution in [2.45, 2.75) is 18.5 Å². The summed E-state index contributed by atoms with van der Waals surface area (Å²) in [5.74, 6) is -4.93. The Kier molecular flexibility index (Phi) is 4.08. The molecule has 1 aromatic rings. The number of rotatable bonds is 4. The summed E-state index contributed by atoms with van der Waals surface area (Å²) in [4.78, 5) is 11.3. The van der Waals surface area contributed by atoms with Crippen LogP contribution in [0, 0.1) is 0 Å². The van der Waals surface area contributed by atoms with Crippen LogP contribution in [-0.2, 0) is 0 Å². The molecule has 0 saturated heterocycles. The van der Waals surface area contributed by atoms with Crippen LogP contribution >= 0.6 is 0 Å². The first-order chi connectivity index (χ1) is 7.85. The Hall–Kier alpha value is -1.60. The Morgan fingerprint density at radius 3 is 2.18 bits per heavy atom. The molecule has 0 aromatic heterocycles. The fourth-order valence-electron chi connectivity index (χ4n) is 1.00. The zero-order chi connectivity index (χ0) is 13.1. The number of aliphatic hydroxyl groups is 2. The molecule has 0 fully saturated rings. The normalized spacial score (nSPS) is 13.5. The molecule has 1 aromatic carbocycles. The summed E-state index contributed by atoms with van der Waals surface area (Å²) >= 11 is 0. The van der Waals surface area contributed by atoms with Gasteiger partial charge in [0, 0.05) is 5.56 Å². The molecule has 1 rings (SSSR count). The highest BCUT2D eigenvalue weighted by Gasteiger charge is 2.45. The van der Waals surface area contributed by atoms with Crippen LogP contribution < -0.4 is 5.32 Å². The molecule has 94 valence electrons. The van der Waals surface area contributed by atoms with E-state index in [4.69, 9.17) is 10.2 Å². The summed E-state index contributed by atoms with van der Waals surface area (Å²) in [6.45, 7) is 0. The van der Waals surface area contributed by atoms with Crippen molar-refractivity contribution >= 4 is 5.91 Å². The van der Waals surface area contributed by atoms with E-state index in [0.717, 1.165) is 0 Å². The van der Waals surface area contributed by atoms with Crippen molar-refractivity contribution in [2.24, 2.45) is 0 Å². The third kappa shape index (κ3) is 3.18. The van der Waals surface area contributed by atoms with Gasteiger partial charge in [0.25, 0.3) is 18.1 Å². The molecule has 0 bridgehead atoms. The van der Waals surface area contributed by atoms with Gasteiger partial charge >= 0.3 is 0 Å². The molecular weight excluding hydrogens is 239 g/mol. The SMILES string of the molecule is O=C(NC(F)C(O)(O)C(F)F)c1ccccc1. The second kappa shape index (κ2) is 5.15. The van der Waals surface area contributed by atoms with E-state index in [-0.39, 0.29) is 5.56 Å². The minimum absolute atomic E-state index is 0.0141. The second-order valence-corrected chi connectivity index (χ2v) is 3.29. The van der Waals surface area contributed by atoms with Gasteiger partial charge in [0.2, 0.25) is 6.30 Å². The van der Waals surface area contributed by atoms with Gasteiger partial charge in [0.05, 0.1) is 0 Å². The monoisotopic (exact) mass is 249 g/mol. The Morgan fingerprint density at radius 2 is 1.71 bits per heavy atom. The van der Waals surface area contributed by atoms with E-state index < -0.39 is 24.4 Å². The first-order valence-corrected chi connectivity index (χ1v) is 4.58. The van der Waals surface area contributed by atoms with Gasteiger partial charge in [-0.05, 0) is 12.1 Å². The van der Waals surface area contributed by atoms with Crippen molar-refractivity contribution < 1.29 is 28.2 Å². The third-order valence-electron chi connectivity index (χ3n) is 1.99. The quantitative estimate of drug-likeness (QED) is 0.542. The van der Waals surface area contributed by atoms with Gasteiger partial charge in [-0.15, -0.1) is 0 Å². The van der Waals surface area contributed by atoms with Crippen molar-refractivity contribution in [3.8, 4) is 0 Å². The average molecular weight is 249 g/mol. The molecular formula is C10H10F3NO3. The topological polar surface area (TPSA) is 69.6 Å². The van der Waals surface area contributed by atoms with Crippen LogP contribution in [0.4, 0.5) is 13.2 Å². The average Bonchev–Trinajstić information content (AvgIpc) is 2.29. The first-order valence-electron chi connectivity index (χ1n) is 4.58. The summed E-state index contributed by atoms with van der Waals surface area (Å²) in [5.41, 5.74) is 0.0141. The van der Waals surface area contributed by atoms with Gasteiger partial charge in [-0.1, -0.05) is 18.2 Å². The van der Waals surface area contributed by atoms with Crippen LogP contribution in [0.3, 0.4) is 0 Å². The molecule has 0 aliphatic rings. The number of carbonyl (C=O) groups excluding carboxylic acids is 1. The number of hydrogen-bond acceptors (Lipinski definition) is 3. The van der Waals surface area contributed by atoms with Crippen molar-refractivity contribution in [3.63, 3.8) is 0 Å². The smallest absolute Gasteiger partial charge is 0.296 e. The predicted molar refractivity (Wildman–Crippen MR) is 52.0 cm³/mol. The van der Waals surface area contributed by atoms with Crippen LogP contribution in [0.25, 0.3) is 0 Å². The Bertz CT molecular complexity index is 384. The van der Waals surface area contributed by atoms with Crippen molar-refractivity contribution in [2.75, 3.05) is 0 Å². The van der Waals surface area contributed by atoms with E-state index >= 15 is 0 Å². The van der Waals surface area contributed by atoms with Crippen molar-refractivity contribution in [3.05, 3.63) is 35.9 Å². The Morgan fingerprint density at radius 1 is 1.18 bits per heavy atom. The molecule has 3 N–H and O–H groups in total. The number of hydrogen-bond donors (Lipinski definition) is 3.